The first-order chi connectivity index (χ1) is 9.81. The minimum absolute atomic E-state index is 0.601. The molecule has 3 rings (SSSR count). The molecule has 0 aliphatic rings. The number of hydrogen-bond donors (Lipinski definition) is 1. The molecule has 102 valence electrons. The fraction of sp³-hybridized carbons (Fsp3) is 0.133. The number of thiazole rings is 1. The molecule has 0 saturated heterocycles. The highest BCUT2D eigenvalue weighted by atomic mass is 32.2. The lowest BCUT2D eigenvalue weighted by Crippen LogP contribution is -1.91. The Kier molecular flexibility index (Phi) is 4.20. The van der Waals surface area contributed by atoms with Crippen LogP contribution in [0, 0.1) is 0 Å². The van der Waals surface area contributed by atoms with Crippen molar-refractivity contribution in [3.8, 4) is 0 Å². The first kappa shape index (κ1) is 13.4. The maximum atomic E-state index is 5.77. The molecule has 3 aromatic rings. The second-order valence-electron chi connectivity index (χ2n) is 4.30. The summed E-state index contributed by atoms with van der Waals surface area (Å²) in [5, 5.41) is 0. The van der Waals surface area contributed by atoms with Crippen molar-refractivity contribution in [1.82, 2.24) is 4.98 Å². The Morgan fingerprint density at radius 1 is 1.15 bits per heavy atom. The number of ether oxygens (including phenoxy) is 1. The van der Waals surface area contributed by atoms with Crippen LogP contribution in [0.25, 0.3) is 10.2 Å². The van der Waals surface area contributed by atoms with Crippen molar-refractivity contribution in [3.05, 3.63) is 54.1 Å². The van der Waals surface area contributed by atoms with Gasteiger partial charge in [0.2, 0.25) is 0 Å². The molecular formula is C15H14N2OS2. The minimum atomic E-state index is 0.601. The topological polar surface area (TPSA) is 48.1 Å². The lowest BCUT2D eigenvalue weighted by molar-refractivity contribution is 0.169. The quantitative estimate of drug-likeness (QED) is 0.333. The van der Waals surface area contributed by atoms with Gasteiger partial charge in [0.15, 0.2) is 4.34 Å². The summed E-state index contributed by atoms with van der Waals surface area (Å²) in [4.78, 5) is 4.54. The average molecular weight is 302 g/mol. The van der Waals surface area contributed by atoms with Crippen LogP contribution in [-0.4, -0.2) is 10.9 Å². The third-order valence-electron chi connectivity index (χ3n) is 2.77. The van der Waals surface area contributed by atoms with Gasteiger partial charge < -0.3 is 10.5 Å². The van der Waals surface area contributed by atoms with E-state index >= 15 is 0 Å². The van der Waals surface area contributed by atoms with E-state index in [1.54, 1.807) is 23.1 Å². The van der Waals surface area contributed by atoms with Gasteiger partial charge in [-0.25, -0.2) is 4.98 Å². The van der Waals surface area contributed by atoms with E-state index in [9.17, 15) is 0 Å². The summed E-state index contributed by atoms with van der Waals surface area (Å²) >= 11 is 3.27. The molecule has 0 atom stereocenters. The largest absolute Gasteiger partial charge is 0.399 e. The van der Waals surface area contributed by atoms with Crippen LogP contribution in [0.1, 0.15) is 5.56 Å². The Bertz CT molecular complexity index is 697. The van der Waals surface area contributed by atoms with E-state index < -0.39 is 0 Å². The van der Waals surface area contributed by atoms with Gasteiger partial charge in [0.1, 0.15) is 0 Å². The highest BCUT2D eigenvalue weighted by Gasteiger charge is 2.04. The Morgan fingerprint density at radius 2 is 2.00 bits per heavy atom. The van der Waals surface area contributed by atoms with Crippen molar-refractivity contribution >= 4 is 39.0 Å². The molecule has 0 aliphatic heterocycles. The molecule has 0 radical (unpaired) electrons. The van der Waals surface area contributed by atoms with Gasteiger partial charge in [0.25, 0.3) is 0 Å². The minimum Gasteiger partial charge on any atom is -0.399 e. The van der Waals surface area contributed by atoms with Gasteiger partial charge >= 0.3 is 0 Å². The highest BCUT2D eigenvalue weighted by Crippen LogP contribution is 2.30. The fourth-order valence-corrected chi connectivity index (χ4v) is 3.63. The standard InChI is InChI=1S/C15H14N2OS2/c16-12-6-7-13-14(8-12)20-15(17-13)19-10-18-9-11-4-2-1-3-5-11/h1-8H,9-10,16H2. The molecule has 0 fully saturated rings. The number of benzene rings is 2. The van der Waals surface area contributed by atoms with Crippen LogP contribution in [0.2, 0.25) is 0 Å². The maximum absolute atomic E-state index is 5.77. The van der Waals surface area contributed by atoms with E-state index in [1.807, 2.05) is 36.4 Å². The van der Waals surface area contributed by atoms with Crippen LogP contribution in [0.3, 0.4) is 0 Å². The molecule has 0 bridgehead atoms. The molecule has 5 heteroatoms. The van der Waals surface area contributed by atoms with Gasteiger partial charge in [0.05, 0.1) is 22.8 Å². The number of thioether (sulfide) groups is 1. The number of anilines is 1. The number of nitrogens with zero attached hydrogens (tertiary/aromatic N) is 1. The summed E-state index contributed by atoms with van der Waals surface area (Å²) in [5.41, 5.74) is 8.72. The summed E-state index contributed by atoms with van der Waals surface area (Å²) in [6.45, 7) is 0.631. The zero-order valence-electron chi connectivity index (χ0n) is 10.8. The number of nitrogen functional groups attached to an aromatic ring is 1. The van der Waals surface area contributed by atoms with Crippen LogP contribution in [0.15, 0.2) is 52.9 Å². The van der Waals surface area contributed by atoms with Crippen molar-refractivity contribution in [2.45, 2.75) is 10.9 Å². The molecule has 0 spiro atoms. The molecule has 0 amide bonds. The van der Waals surface area contributed by atoms with Gasteiger partial charge in [-0.1, -0.05) is 42.1 Å². The average Bonchev–Trinajstić information content (AvgIpc) is 2.86. The van der Waals surface area contributed by atoms with E-state index in [-0.39, 0.29) is 0 Å². The lowest BCUT2D eigenvalue weighted by Gasteiger charge is -2.02. The first-order valence-electron chi connectivity index (χ1n) is 6.22. The Morgan fingerprint density at radius 3 is 2.85 bits per heavy atom. The Hall–Kier alpha value is -1.56. The maximum Gasteiger partial charge on any atom is 0.153 e. The monoisotopic (exact) mass is 302 g/mol. The normalized spacial score (nSPS) is 11.0. The van der Waals surface area contributed by atoms with Crippen LogP contribution in [0.4, 0.5) is 5.69 Å². The molecule has 0 unspecified atom stereocenters. The summed E-state index contributed by atoms with van der Waals surface area (Å²) in [7, 11) is 0. The summed E-state index contributed by atoms with van der Waals surface area (Å²) < 4.78 is 7.78. The molecule has 1 heterocycles. The van der Waals surface area contributed by atoms with Crippen LogP contribution >= 0.6 is 23.1 Å². The SMILES string of the molecule is Nc1ccc2nc(SCOCc3ccccc3)sc2c1. The predicted octanol–water partition coefficient (Wildman–Crippen LogP) is 4.14. The van der Waals surface area contributed by atoms with Crippen molar-refractivity contribution in [2.75, 3.05) is 11.7 Å². The summed E-state index contributed by atoms with van der Waals surface area (Å²) in [6.07, 6.45) is 0. The molecule has 2 aromatic carbocycles. The lowest BCUT2D eigenvalue weighted by atomic mass is 10.2. The van der Waals surface area contributed by atoms with E-state index in [2.05, 4.69) is 17.1 Å². The second-order valence-corrected chi connectivity index (χ2v) is 6.50. The molecule has 0 saturated carbocycles. The third kappa shape index (κ3) is 3.30. The van der Waals surface area contributed by atoms with Gasteiger partial charge in [-0.3, -0.25) is 0 Å². The Balaban J connectivity index is 1.55. The van der Waals surface area contributed by atoms with Gasteiger partial charge in [-0.05, 0) is 23.8 Å². The van der Waals surface area contributed by atoms with Crippen LogP contribution in [-0.2, 0) is 11.3 Å². The molecule has 20 heavy (non-hydrogen) atoms. The zero-order valence-corrected chi connectivity index (χ0v) is 12.4. The molecule has 3 nitrogen and oxygen atoms in total. The van der Waals surface area contributed by atoms with Crippen molar-refractivity contribution in [2.24, 2.45) is 0 Å². The van der Waals surface area contributed by atoms with Crippen molar-refractivity contribution < 1.29 is 4.74 Å². The number of rotatable bonds is 5. The van der Waals surface area contributed by atoms with Crippen LogP contribution < -0.4 is 5.73 Å². The predicted molar refractivity (Wildman–Crippen MR) is 86.0 cm³/mol. The summed E-state index contributed by atoms with van der Waals surface area (Å²) in [5.74, 6) is 0.601. The van der Waals surface area contributed by atoms with E-state index in [4.69, 9.17) is 10.5 Å². The molecular weight excluding hydrogens is 288 g/mol. The third-order valence-corrected chi connectivity index (χ3v) is 4.81. The summed E-state index contributed by atoms with van der Waals surface area (Å²) in [6, 6.07) is 16.0. The number of hydrogen-bond acceptors (Lipinski definition) is 5. The van der Waals surface area contributed by atoms with E-state index in [0.29, 0.717) is 12.5 Å². The second kappa shape index (κ2) is 6.26. The van der Waals surface area contributed by atoms with Gasteiger partial charge in [-0.15, -0.1) is 11.3 Å². The Labute approximate surface area is 125 Å². The van der Waals surface area contributed by atoms with Gasteiger partial charge in [0, 0.05) is 5.69 Å². The van der Waals surface area contributed by atoms with Crippen LogP contribution in [0.5, 0.6) is 0 Å². The van der Waals surface area contributed by atoms with E-state index in [1.165, 1.54) is 5.56 Å². The number of fused-ring (bicyclic) bond motifs is 1. The van der Waals surface area contributed by atoms with E-state index in [0.717, 1.165) is 20.2 Å². The number of nitrogens with two attached hydrogens (primary N) is 1. The number of aromatic nitrogens is 1. The highest BCUT2D eigenvalue weighted by molar-refractivity contribution is 8.01. The zero-order chi connectivity index (χ0) is 13.8. The van der Waals surface area contributed by atoms with Gasteiger partial charge in [-0.2, -0.15) is 0 Å². The molecule has 0 aliphatic carbocycles. The van der Waals surface area contributed by atoms with Crippen molar-refractivity contribution in [1.29, 1.82) is 0 Å². The van der Waals surface area contributed by atoms with Crippen molar-refractivity contribution in [3.63, 3.8) is 0 Å². The molecule has 1 aromatic heterocycles. The fourth-order valence-electron chi connectivity index (χ4n) is 1.81. The smallest absolute Gasteiger partial charge is 0.153 e. The first-order valence-corrected chi connectivity index (χ1v) is 8.02. The molecule has 2 N–H and O–H groups in total.